The number of benzene rings is 1. The van der Waals surface area contributed by atoms with E-state index < -0.39 is 5.60 Å². The number of aliphatic hydroxyl groups is 1. The van der Waals surface area contributed by atoms with E-state index in [4.69, 9.17) is 11.6 Å². The lowest BCUT2D eigenvalue weighted by Gasteiger charge is -2.12. The number of nitrogens with one attached hydrogen (secondary N) is 1. The normalized spacial score (nSPS) is 11.8. The molecule has 0 bridgehead atoms. The van der Waals surface area contributed by atoms with Gasteiger partial charge in [-0.05, 0) is 32.9 Å². The summed E-state index contributed by atoms with van der Waals surface area (Å²) in [6, 6.07) is 7.52. The van der Waals surface area contributed by atoms with Gasteiger partial charge in [-0.3, -0.25) is 0 Å². The summed E-state index contributed by atoms with van der Waals surface area (Å²) in [7, 11) is 0. The molecule has 0 fully saturated rings. The third-order valence-corrected chi connectivity index (χ3v) is 2.80. The number of hydrogen-bond donors (Lipinski definition) is 2. The van der Waals surface area contributed by atoms with Gasteiger partial charge in [-0.1, -0.05) is 23.7 Å². The summed E-state index contributed by atoms with van der Waals surface area (Å²) in [6.07, 6.45) is 0. The molecule has 0 spiro atoms. The fraction of sp³-hybridized carbons (Fsp3) is 0.308. The SMILES string of the molecule is Cc1[nH]c(C(C)(C)O)nc1-c1cccc(Cl)c1. The highest BCUT2D eigenvalue weighted by Crippen LogP contribution is 2.27. The molecular formula is C13H15ClN2O. The number of aromatic nitrogens is 2. The molecule has 0 amide bonds. The highest BCUT2D eigenvalue weighted by molar-refractivity contribution is 6.30. The van der Waals surface area contributed by atoms with Gasteiger partial charge in [0.05, 0.1) is 5.69 Å². The van der Waals surface area contributed by atoms with Gasteiger partial charge >= 0.3 is 0 Å². The smallest absolute Gasteiger partial charge is 0.138 e. The standard InChI is InChI=1S/C13H15ClN2O/c1-8-11(9-5-4-6-10(14)7-9)16-12(15-8)13(2,3)17/h4-7,17H,1-3H3,(H,15,16). The van der Waals surface area contributed by atoms with Crippen LogP contribution in [0, 0.1) is 6.92 Å². The van der Waals surface area contributed by atoms with E-state index >= 15 is 0 Å². The van der Waals surface area contributed by atoms with Crippen LogP contribution in [0.25, 0.3) is 11.3 Å². The fourth-order valence-electron chi connectivity index (χ4n) is 1.67. The van der Waals surface area contributed by atoms with Gasteiger partial charge in [0.2, 0.25) is 0 Å². The Balaban J connectivity index is 2.50. The van der Waals surface area contributed by atoms with Crippen LogP contribution in [0.5, 0.6) is 0 Å². The first-order valence-corrected chi connectivity index (χ1v) is 5.81. The van der Waals surface area contributed by atoms with Crippen LogP contribution in [-0.2, 0) is 5.60 Å². The second-order valence-corrected chi connectivity index (χ2v) is 5.06. The van der Waals surface area contributed by atoms with Crippen molar-refractivity contribution in [2.24, 2.45) is 0 Å². The zero-order valence-corrected chi connectivity index (χ0v) is 10.8. The molecule has 1 aromatic carbocycles. The Morgan fingerprint density at radius 1 is 1.35 bits per heavy atom. The zero-order valence-electron chi connectivity index (χ0n) is 10.1. The van der Waals surface area contributed by atoms with Crippen LogP contribution in [0.3, 0.4) is 0 Å². The average Bonchev–Trinajstić information content (AvgIpc) is 2.60. The Hall–Kier alpha value is -1.32. The summed E-state index contributed by atoms with van der Waals surface area (Å²) in [6.45, 7) is 5.33. The van der Waals surface area contributed by atoms with E-state index in [2.05, 4.69) is 9.97 Å². The summed E-state index contributed by atoms with van der Waals surface area (Å²) in [5, 5.41) is 10.6. The second kappa shape index (κ2) is 4.17. The molecule has 0 unspecified atom stereocenters. The van der Waals surface area contributed by atoms with Crippen molar-refractivity contribution >= 4 is 11.6 Å². The first kappa shape index (κ1) is 12.1. The molecule has 90 valence electrons. The topological polar surface area (TPSA) is 48.9 Å². The van der Waals surface area contributed by atoms with Gasteiger partial charge in [-0.25, -0.2) is 4.98 Å². The Bertz CT molecular complexity index is 541. The quantitative estimate of drug-likeness (QED) is 0.860. The second-order valence-electron chi connectivity index (χ2n) is 4.63. The predicted octanol–water partition coefficient (Wildman–Crippen LogP) is 3.27. The molecule has 0 aliphatic rings. The number of nitrogens with zero attached hydrogens (tertiary/aromatic N) is 1. The molecule has 0 saturated carbocycles. The minimum Gasteiger partial charge on any atom is -0.383 e. The van der Waals surface area contributed by atoms with Crippen LogP contribution >= 0.6 is 11.6 Å². The summed E-state index contributed by atoms with van der Waals surface area (Å²) >= 11 is 5.96. The van der Waals surface area contributed by atoms with Crippen molar-refractivity contribution in [3.05, 3.63) is 40.8 Å². The number of rotatable bonds is 2. The van der Waals surface area contributed by atoms with E-state index in [1.165, 1.54) is 0 Å². The molecule has 2 aromatic rings. The van der Waals surface area contributed by atoms with E-state index in [1.54, 1.807) is 13.8 Å². The lowest BCUT2D eigenvalue weighted by Crippen LogP contribution is -2.17. The van der Waals surface area contributed by atoms with Gasteiger partial charge in [0, 0.05) is 16.3 Å². The van der Waals surface area contributed by atoms with Gasteiger partial charge in [0.15, 0.2) is 0 Å². The zero-order chi connectivity index (χ0) is 12.6. The molecular weight excluding hydrogens is 236 g/mol. The predicted molar refractivity (Wildman–Crippen MR) is 69.0 cm³/mol. The van der Waals surface area contributed by atoms with E-state index in [1.807, 2.05) is 31.2 Å². The lowest BCUT2D eigenvalue weighted by atomic mass is 10.1. The van der Waals surface area contributed by atoms with Crippen molar-refractivity contribution in [1.29, 1.82) is 0 Å². The molecule has 2 rings (SSSR count). The van der Waals surface area contributed by atoms with Crippen LogP contribution in [0.15, 0.2) is 24.3 Å². The summed E-state index contributed by atoms with van der Waals surface area (Å²) in [5.74, 6) is 0.560. The van der Waals surface area contributed by atoms with Crippen molar-refractivity contribution in [2.75, 3.05) is 0 Å². The fourth-order valence-corrected chi connectivity index (χ4v) is 1.86. The number of aryl methyl sites for hydroxylation is 1. The first-order chi connectivity index (χ1) is 7.88. The molecule has 2 N–H and O–H groups in total. The van der Waals surface area contributed by atoms with Crippen molar-refractivity contribution in [3.8, 4) is 11.3 Å². The Morgan fingerprint density at radius 2 is 2.06 bits per heavy atom. The van der Waals surface area contributed by atoms with Gasteiger partial charge in [-0.15, -0.1) is 0 Å². The van der Waals surface area contributed by atoms with Crippen LogP contribution in [0.2, 0.25) is 5.02 Å². The Labute approximate surface area is 105 Å². The molecule has 4 heteroatoms. The Kier molecular flexibility index (Phi) is 2.98. The summed E-state index contributed by atoms with van der Waals surface area (Å²) in [4.78, 5) is 7.53. The summed E-state index contributed by atoms with van der Waals surface area (Å²) in [5.41, 5.74) is 1.72. The number of halogens is 1. The minimum absolute atomic E-state index is 0.560. The highest BCUT2D eigenvalue weighted by Gasteiger charge is 2.22. The number of H-pyrrole nitrogens is 1. The molecule has 0 aliphatic heterocycles. The third kappa shape index (κ3) is 2.51. The number of aromatic amines is 1. The monoisotopic (exact) mass is 250 g/mol. The summed E-state index contributed by atoms with van der Waals surface area (Å²) < 4.78 is 0. The minimum atomic E-state index is -0.971. The van der Waals surface area contributed by atoms with E-state index in [0.29, 0.717) is 10.8 Å². The van der Waals surface area contributed by atoms with Gasteiger partial charge in [0.25, 0.3) is 0 Å². The van der Waals surface area contributed by atoms with E-state index in [-0.39, 0.29) is 0 Å². The molecule has 1 aromatic heterocycles. The third-order valence-electron chi connectivity index (χ3n) is 2.56. The molecule has 0 radical (unpaired) electrons. The van der Waals surface area contributed by atoms with Crippen LogP contribution in [0.1, 0.15) is 25.4 Å². The highest BCUT2D eigenvalue weighted by atomic mass is 35.5. The van der Waals surface area contributed by atoms with Gasteiger partial charge in [0.1, 0.15) is 11.4 Å². The van der Waals surface area contributed by atoms with Crippen LogP contribution < -0.4 is 0 Å². The number of imidazole rings is 1. The van der Waals surface area contributed by atoms with Crippen LogP contribution in [0.4, 0.5) is 0 Å². The molecule has 0 aliphatic carbocycles. The van der Waals surface area contributed by atoms with Gasteiger partial charge < -0.3 is 10.1 Å². The van der Waals surface area contributed by atoms with E-state index in [9.17, 15) is 5.11 Å². The maximum atomic E-state index is 9.91. The van der Waals surface area contributed by atoms with Gasteiger partial charge in [-0.2, -0.15) is 0 Å². The van der Waals surface area contributed by atoms with E-state index in [0.717, 1.165) is 17.0 Å². The maximum Gasteiger partial charge on any atom is 0.138 e. The largest absolute Gasteiger partial charge is 0.383 e. The van der Waals surface area contributed by atoms with Crippen molar-refractivity contribution in [2.45, 2.75) is 26.4 Å². The van der Waals surface area contributed by atoms with Crippen LogP contribution in [-0.4, -0.2) is 15.1 Å². The number of hydrogen-bond acceptors (Lipinski definition) is 2. The molecule has 0 saturated heterocycles. The average molecular weight is 251 g/mol. The Morgan fingerprint density at radius 3 is 2.59 bits per heavy atom. The van der Waals surface area contributed by atoms with Crippen molar-refractivity contribution < 1.29 is 5.11 Å². The molecule has 0 atom stereocenters. The first-order valence-electron chi connectivity index (χ1n) is 5.43. The molecule has 17 heavy (non-hydrogen) atoms. The van der Waals surface area contributed by atoms with Crippen molar-refractivity contribution in [1.82, 2.24) is 9.97 Å². The van der Waals surface area contributed by atoms with Crippen molar-refractivity contribution in [3.63, 3.8) is 0 Å². The maximum absolute atomic E-state index is 9.91. The molecule has 3 nitrogen and oxygen atoms in total. The lowest BCUT2D eigenvalue weighted by molar-refractivity contribution is 0.0696. The molecule has 1 heterocycles.